The fourth-order valence-corrected chi connectivity index (χ4v) is 6.17. The van der Waals surface area contributed by atoms with Crippen molar-refractivity contribution in [1.82, 2.24) is 35.7 Å². The van der Waals surface area contributed by atoms with Gasteiger partial charge in [-0.2, -0.15) is 5.21 Å². The normalized spacial score (nSPS) is 25.8. The number of carbonyl (C=O) groups excluding carboxylic acids is 3. The number of hydrogen-bond donors (Lipinski definition) is 2. The standard InChI is InChI=1S/C26H34FN7O4/c1-26(2,3)38-25(37)28-21(24(36)33-12-4-5-20(33)22-29-31-32-30-22)16-13-18-10-11-19(14-16)34(18)23(35)15-6-8-17(27)9-7-15/h6-9,16,18-21H,4-5,10-14H2,1-3H3,(H,28,37)(H,29,30,31,32)/t16?,18?,19?,20-,21-/m0/s1. The Balaban J connectivity index is 1.37. The Morgan fingerprint density at radius 1 is 1.11 bits per heavy atom. The Labute approximate surface area is 220 Å². The van der Waals surface area contributed by atoms with Gasteiger partial charge in [0.05, 0.1) is 6.04 Å². The molecule has 0 spiro atoms. The number of nitrogens with one attached hydrogen (secondary N) is 2. The van der Waals surface area contributed by atoms with Gasteiger partial charge < -0.3 is 19.9 Å². The van der Waals surface area contributed by atoms with Crippen molar-refractivity contribution in [2.75, 3.05) is 6.54 Å². The van der Waals surface area contributed by atoms with E-state index < -0.39 is 17.7 Å². The van der Waals surface area contributed by atoms with Crippen molar-refractivity contribution in [3.8, 4) is 0 Å². The lowest BCUT2D eigenvalue weighted by Gasteiger charge is -2.42. The average Bonchev–Trinajstić information content (AvgIpc) is 3.60. The molecule has 38 heavy (non-hydrogen) atoms. The lowest BCUT2D eigenvalue weighted by molar-refractivity contribution is -0.136. The molecule has 204 valence electrons. The third-order valence-electron chi connectivity index (χ3n) is 7.70. The molecule has 0 aliphatic carbocycles. The van der Waals surface area contributed by atoms with Gasteiger partial charge in [-0.05, 0) is 89.5 Å². The molecular weight excluding hydrogens is 493 g/mol. The van der Waals surface area contributed by atoms with Crippen molar-refractivity contribution in [2.24, 2.45) is 5.92 Å². The molecular formula is C26H34FN7O4. The Morgan fingerprint density at radius 2 is 1.79 bits per heavy atom. The smallest absolute Gasteiger partial charge is 0.408 e. The van der Waals surface area contributed by atoms with E-state index in [4.69, 9.17) is 4.74 Å². The number of amides is 3. The molecule has 2 aromatic rings. The molecule has 1 aromatic heterocycles. The van der Waals surface area contributed by atoms with Gasteiger partial charge in [0.25, 0.3) is 5.91 Å². The van der Waals surface area contributed by atoms with E-state index in [0.717, 1.165) is 19.3 Å². The highest BCUT2D eigenvalue weighted by Crippen LogP contribution is 2.42. The number of aromatic nitrogens is 4. The summed E-state index contributed by atoms with van der Waals surface area (Å²) in [6, 6.07) is 4.31. The van der Waals surface area contributed by atoms with Gasteiger partial charge in [0.2, 0.25) is 5.91 Å². The monoisotopic (exact) mass is 527 g/mol. The molecule has 1 aromatic carbocycles. The maximum absolute atomic E-state index is 14.0. The average molecular weight is 528 g/mol. The summed E-state index contributed by atoms with van der Waals surface area (Å²) in [5.74, 6) is -0.455. The molecule has 2 N–H and O–H groups in total. The number of likely N-dealkylation sites (tertiary alicyclic amines) is 1. The van der Waals surface area contributed by atoms with E-state index in [-0.39, 0.29) is 41.7 Å². The molecule has 12 heteroatoms. The van der Waals surface area contributed by atoms with Crippen molar-refractivity contribution >= 4 is 17.9 Å². The minimum atomic E-state index is -0.816. The Bertz CT molecular complexity index is 1150. The lowest BCUT2D eigenvalue weighted by Crippen LogP contribution is -2.57. The zero-order valence-electron chi connectivity index (χ0n) is 21.9. The SMILES string of the molecule is CC(C)(C)OC(=O)N[C@H](C(=O)N1CCC[C@H]1c1nn[nH]n1)C1CC2CCC(C1)N2C(=O)c1ccc(F)cc1. The van der Waals surface area contributed by atoms with Crippen LogP contribution < -0.4 is 5.32 Å². The fraction of sp³-hybridized carbons (Fsp3) is 0.615. The van der Waals surface area contributed by atoms with Gasteiger partial charge >= 0.3 is 6.09 Å². The van der Waals surface area contributed by atoms with Crippen LogP contribution in [0.4, 0.5) is 9.18 Å². The summed E-state index contributed by atoms with van der Waals surface area (Å²) >= 11 is 0. The summed E-state index contributed by atoms with van der Waals surface area (Å²) in [6.07, 6.45) is 3.61. The van der Waals surface area contributed by atoms with Crippen LogP contribution in [0.2, 0.25) is 0 Å². The van der Waals surface area contributed by atoms with Gasteiger partial charge in [0.1, 0.15) is 17.5 Å². The molecule has 0 saturated carbocycles. The number of H-pyrrole nitrogens is 1. The van der Waals surface area contributed by atoms with Gasteiger partial charge in [0, 0.05) is 24.2 Å². The predicted octanol–water partition coefficient (Wildman–Crippen LogP) is 2.98. The van der Waals surface area contributed by atoms with Crippen LogP contribution in [0, 0.1) is 11.7 Å². The molecule has 3 fully saturated rings. The van der Waals surface area contributed by atoms with Gasteiger partial charge in [0.15, 0.2) is 5.82 Å². The summed E-state index contributed by atoms with van der Waals surface area (Å²) in [4.78, 5) is 43.8. The van der Waals surface area contributed by atoms with E-state index in [1.54, 1.807) is 25.7 Å². The first kappa shape index (κ1) is 26.1. The largest absolute Gasteiger partial charge is 0.444 e. The minimum Gasteiger partial charge on any atom is -0.444 e. The molecule has 3 aliphatic heterocycles. The second-order valence-electron chi connectivity index (χ2n) is 11.4. The number of piperidine rings is 1. The second kappa shape index (κ2) is 10.3. The molecule has 2 bridgehead atoms. The van der Waals surface area contributed by atoms with Gasteiger partial charge in [-0.3, -0.25) is 9.59 Å². The molecule has 3 saturated heterocycles. The number of hydrogen-bond acceptors (Lipinski definition) is 7. The Kier molecular flexibility index (Phi) is 7.06. The minimum absolute atomic E-state index is 0.0707. The highest BCUT2D eigenvalue weighted by Gasteiger charge is 2.49. The third kappa shape index (κ3) is 5.34. The predicted molar refractivity (Wildman–Crippen MR) is 133 cm³/mol. The Hall–Kier alpha value is -3.57. The van der Waals surface area contributed by atoms with Gasteiger partial charge in [-0.25, -0.2) is 9.18 Å². The van der Waals surface area contributed by atoms with E-state index in [0.29, 0.717) is 37.2 Å². The van der Waals surface area contributed by atoms with Crippen molar-refractivity contribution in [2.45, 2.75) is 89.1 Å². The number of alkyl carbamates (subject to hydrolysis) is 1. The highest BCUT2D eigenvalue weighted by atomic mass is 19.1. The van der Waals surface area contributed by atoms with Crippen molar-refractivity contribution in [3.63, 3.8) is 0 Å². The van der Waals surface area contributed by atoms with Crippen LogP contribution in [0.25, 0.3) is 0 Å². The van der Waals surface area contributed by atoms with E-state index in [9.17, 15) is 18.8 Å². The van der Waals surface area contributed by atoms with Crippen LogP contribution in [0.1, 0.15) is 81.5 Å². The quantitative estimate of drug-likeness (QED) is 0.611. The summed E-state index contributed by atoms with van der Waals surface area (Å²) in [7, 11) is 0. The van der Waals surface area contributed by atoms with Crippen LogP contribution in [0.3, 0.4) is 0 Å². The molecule has 4 heterocycles. The number of aromatic amines is 1. The lowest BCUT2D eigenvalue weighted by atomic mass is 9.83. The summed E-state index contributed by atoms with van der Waals surface area (Å²) in [6.45, 7) is 5.85. The number of halogens is 1. The molecule has 2 unspecified atom stereocenters. The number of nitrogens with zero attached hydrogens (tertiary/aromatic N) is 5. The maximum atomic E-state index is 14.0. The van der Waals surface area contributed by atoms with Crippen molar-refractivity contribution < 1.29 is 23.5 Å². The van der Waals surface area contributed by atoms with Gasteiger partial charge in [-0.15, -0.1) is 10.2 Å². The summed E-state index contributed by atoms with van der Waals surface area (Å²) in [5, 5.41) is 17.1. The van der Waals surface area contributed by atoms with E-state index in [1.165, 1.54) is 24.3 Å². The van der Waals surface area contributed by atoms with E-state index in [1.807, 2.05) is 4.90 Å². The van der Waals surface area contributed by atoms with Crippen molar-refractivity contribution in [1.29, 1.82) is 0 Å². The zero-order valence-corrected chi connectivity index (χ0v) is 21.9. The molecule has 4 atom stereocenters. The molecule has 0 radical (unpaired) electrons. The van der Waals surface area contributed by atoms with E-state index >= 15 is 0 Å². The third-order valence-corrected chi connectivity index (χ3v) is 7.70. The van der Waals surface area contributed by atoms with Crippen molar-refractivity contribution in [3.05, 3.63) is 41.5 Å². The summed E-state index contributed by atoms with van der Waals surface area (Å²) in [5.41, 5.74) is -0.274. The second-order valence-corrected chi connectivity index (χ2v) is 11.4. The zero-order chi connectivity index (χ0) is 27.0. The fourth-order valence-electron chi connectivity index (χ4n) is 6.17. The molecule has 5 rings (SSSR count). The van der Waals surface area contributed by atoms with Gasteiger partial charge in [-0.1, -0.05) is 5.21 Å². The Morgan fingerprint density at radius 3 is 2.39 bits per heavy atom. The molecule has 11 nitrogen and oxygen atoms in total. The van der Waals surface area contributed by atoms with Crippen LogP contribution in [-0.4, -0.2) is 78.6 Å². The topological polar surface area (TPSA) is 133 Å². The number of benzene rings is 1. The number of ether oxygens (including phenoxy) is 1. The number of carbonyl (C=O) groups is 3. The van der Waals surface area contributed by atoms with Crippen LogP contribution in [-0.2, 0) is 9.53 Å². The van der Waals surface area contributed by atoms with E-state index in [2.05, 4.69) is 25.9 Å². The number of rotatable bonds is 5. The molecule has 3 amide bonds. The summed E-state index contributed by atoms with van der Waals surface area (Å²) < 4.78 is 18.9. The van der Waals surface area contributed by atoms with Crippen LogP contribution >= 0.6 is 0 Å². The molecule has 3 aliphatic rings. The maximum Gasteiger partial charge on any atom is 0.408 e. The first-order valence-electron chi connectivity index (χ1n) is 13.2. The number of fused-ring (bicyclic) bond motifs is 2. The first-order valence-corrected chi connectivity index (χ1v) is 13.2. The highest BCUT2D eigenvalue weighted by molar-refractivity contribution is 5.95. The van der Waals surface area contributed by atoms with Crippen LogP contribution in [0.5, 0.6) is 0 Å². The first-order chi connectivity index (χ1) is 18.1. The van der Waals surface area contributed by atoms with Crippen LogP contribution in [0.15, 0.2) is 24.3 Å². The number of tetrazole rings is 1.